The number of ether oxygens (including phenoxy) is 1. The van der Waals surface area contributed by atoms with Crippen LogP contribution in [0.25, 0.3) is 0 Å². The van der Waals surface area contributed by atoms with E-state index >= 15 is 0 Å². The number of terminal acetylenes is 1. The van der Waals surface area contributed by atoms with Gasteiger partial charge >= 0.3 is 0 Å². The molecule has 1 unspecified atom stereocenters. The Kier molecular flexibility index (Phi) is 5.94. The van der Waals surface area contributed by atoms with Gasteiger partial charge in [0.2, 0.25) is 10.0 Å². The minimum Gasteiger partial charge on any atom is -0.359 e. The first-order valence-electron chi connectivity index (χ1n) is 7.19. The first-order valence-corrected chi connectivity index (χ1v) is 8.67. The number of benzene rings is 2. The Bertz CT molecular complexity index is 762. The fraction of sp³-hybridized carbons (Fsp3) is 0.222. The Labute approximate surface area is 137 Å². The number of hydrogen-bond donors (Lipinski definition) is 1. The van der Waals surface area contributed by atoms with E-state index in [-0.39, 0.29) is 18.0 Å². The molecule has 0 spiro atoms. The largest absolute Gasteiger partial charge is 0.359 e. The zero-order chi connectivity index (χ0) is 16.7. The van der Waals surface area contributed by atoms with Crippen molar-refractivity contribution in [2.45, 2.75) is 17.9 Å². The van der Waals surface area contributed by atoms with E-state index in [9.17, 15) is 8.42 Å². The van der Waals surface area contributed by atoms with Crippen LogP contribution in [0.3, 0.4) is 0 Å². The Morgan fingerprint density at radius 3 is 2.39 bits per heavy atom. The molecule has 2 rings (SSSR count). The predicted octanol–water partition coefficient (Wildman–Crippen LogP) is 2.66. The summed E-state index contributed by atoms with van der Waals surface area (Å²) in [6.45, 7) is 2.14. The molecule has 2 aromatic rings. The smallest absolute Gasteiger partial charge is 0.240 e. The molecule has 1 atom stereocenters. The van der Waals surface area contributed by atoms with Crippen LogP contribution in [0.15, 0.2) is 59.5 Å². The van der Waals surface area contributed by atoms with Crippen molar-refractivity contribution in [3.8, 4) is 12.3 Å². The lowest BCUT2D eigenvalue weighted by molar-refractivity contribution is 0.0817. The summed E-state index contributed by atoms with van der Waals surface area (Å²) in [5.41, 5.74) is 1.87. The topological polar surface area (TPSA) is 55.4 Å². The van der Waals surface area contributed by atoms with Gasteiger partial charge in [-0.2, -0.15) is 0 Å². The van der Waals surface area contributed by atoms with Crippen LogP contribution >= 0.6 is 0 Å². The molecular weight excluding hydrogens is 310 g/mol. The van der Waals surface area contributed by atoms with Crippen LogP contribution < -0.4 is 4.72 Å². The van der Waals surface area contributed by atoms with Crippen LogP contribution in [-0.2, 0) is 14.8 Å². The number of rotatable bonds is 7. The van der Waals surface area contributed by atoms with Gasteiger partial charge in [0.15, 0.2) is 0 Å². The van der Waals surface area contributed by atoms with Crippen molar-refractivity contribution in [3.63, 3.8) is 0 Å². The zero-order valence-electron chi connectivity index (χ0n) is 12.9. The fourth-order valence-corrected chi connectivity index (χ4v) is 3.11. The lowest BCUT2D eigenvalue weighted by atomic mass is 10.1. The van der Waals surface area contributed by atoms with Crippen LogP contribution in [0, 0.1) is 19.3 Å². The monoisotopic (exact) mass is 329 g/mol. The van der Waals surface area contributed by atoms with Crippen molar-refractivity contribution in [2.24, 2.45) is 0 Å². The second kappa shape index (κ2) is 7.93. The van der Waals surface area contributed by atoms with Crippen molar-refractivity contribution in [1.29, 1.82) is 0 Å². The van der Waals surface area contributed by atoms with Crippen LogP contribution in [0.2, 0.25) is 0 Å². The van der Waals surface area contributed by atoms with Crippen LogP contribution in [0.1, 0.15) is 17.2 Å². The highest BCUT2D eigenvalue weighted by Crippen LogP contribution is 2.17. The van der Waals surface area contributed by atoms with Gasteiger partial charge < -0.3 is 4.74 Å². The van der Waals surface area contributed by atoms with E-state index in [1.165, 1.54) is 0 Å². The molecule has 0 aromatic heterocycles. The fourth-order valence-electron chi connectivity index (χ4n) is 2.08. The molecule has 2 aromatic carbocycles. The van der Waals surface area contributed by atoms with Crippen molar-refractivity contribution < 1.29 is 13.2 Å². The molecular formula is C18H19NO3S. The van der Waals surface area contributed by atoms with Crippen LogP contribution in [0.4, 0.5) is 0 Å². The Morgan fingerprint density at radius 1 is 1.13 bits per heavy atom. The van der Waals surface area contributed by atoms with E-state index in [1.54, 1.807) is 24.3 Å². The van der Waals surface area contributed by atoms with E-state index < -0.39 is 16.1 Å². The van der Waals surface area contributed by atoms with E-state index in [2.05, 4.69) is 10.6 Å². The third kappa shape index (κ3) is 4.93. The summed E-state index contributed by atoms with van der Waals surface area (Å²) in [5, 5.41) is 0. The maximum atomic E-state index is 12.3. The molecule has 0 saturated carbocycles. The maximum Gasteiger partial charge on any atom is 0.240 e. The molecule has 5 heteroatoms. The summed E-state index contributed by atoms with van der Waals surface area (Å²) in [6, 6.07) is 16.1. The van der Waals surface area contributed by atoms with Gasteiger partial charge in [-0.3, -0.25) is 0 Å². The minimum atomic E-state index is -3.59. The first kappa shape index (κ1) is 17.2. The molecule has 23 heavy (non-hydrogen) atoms. The molecule has 0 amide bonds. The van der Waals surface area contributed by atoms with Gasteiger partial charge in [-0.25, -0.2) is 13.1 Å². The van der Waals surface area contributed by atoms with E-state index in [0.717, 1.165) is 11.1 Å². The average Bonchev–Trinajstić information content (AvgIpc) is 2.56. The molecule has 1 N–H and O–H groups in total. The SMILES string of the molecule is C#CCOC(CNS(=O)(=O)c1ccc(C)cc1)c1ccccc1. The van der Waals surface area contributed by atoms with Gasteiger partial charge in [0.25, 0.3) is 0 Å². The summed E-state index contributed by atoms with van der Waals surface area (Å²) in [5.74, 6) is 2.40. The highest BCUT2D eigenvalue weighted by Gasteiger charge is 2.18. The van der Waals surface area contributed by atoms with Gasteiger partial charge in [0.1, 0.15) is 6.61 Å². The van der Waals surface area contributed by atoms with Gasteiger partial charge in [-0.05, 0) is 24.6 Å². The Morgan fingerprint density at radius 2 is 1.78 bits per heavy atom. The van der Waals surface area contributed by atoms with Crippen molar-refractivity contribution in [2.75, 3.05) is 13.2 Å². The molecule has 0 fully saturated rings. The molecule has 0 bridgehead atoms. The first-order chi connectivity index (χ1) is 11.0. The number of sulfonamides is 1. The molecule has 0 radical (unpaired) electrons. The van der Waals surface area contributed by atoms with Gasteiger partial charge in [-0.15, -0.1) is 6.42 Å². The summed E-state index contributed by atoms with van der Waals surface area (Å²) < 4.78 is 32.8. The molecule has 4 nitrogen and oxygen atoms in total. The predicted molar refractivity (Wildman–Crippen MR) is 90.3 cm³/mol. The second-order valence-electron chi connectivity index (χ2n) is 5.08. The summed E-state index contributed by atoms with van der Waals surface area (Å²) in [6.07, 6.45) is 4.79. The quantitative estimate of drug-likeness (QED) is 0.795. The molecule has 0 saturated heterocycles. The molecule has 120 valence electrons. The number of hydrogen-bond acceptors (Lipinski definition) is 3. The summed E-state index contributed by atoms with van der Waals surface area (Å²) in [4.78, 5) is 0.229. The Balaban J connectivity index is 2.11. The molecule has 0 aliphatic carbocycles. The van der Waals surface area contributed by atoms with Crippen molar-refractivity contribution in [3.05, 3.63) is 65.7 Å². The Hall–Kier alpha value is -2.13. The third-order valence-electron chi connectivity index (χ3n) is 3.33. The van der Waals surface area contributed by atoms with E-state index in [4.69, 9.17) is 11.2 Å². The lowest BCUT2D eigenvalue weighted by Gasteiger charge is -2.18. The van der Waals surface area contributed by atoms with Crippen LogP contribution in [0.5, 0.6) is 0 Å². The molecule has 0 aliphatic rings. The molecule has 0 heterocycles. The number of aryl methyl sites for hydroxylation is 1. The van der Waals surface area contributed by atoms with Crippen molar-refractivity contribution >= 4 is 10.0 Å². The van der Waals surface area contributed by atoms with E-state index in [0.29, 0.717) is 0 Å². The molecule has 0 aliphatic heterocycles. The van der Waals surface area contributed by atoms with Gasteiger partial charge in [0.05, 0.1) is 11.0 Å². The zero-order valence-corrected chi connectivity index (χ0v) is 13.7. The van der Waals surface area contributed by atoms with Crippen LogP contribution in [-0.4, -0.2) is 21.6 Å². The average molecular weight is 329 g/mol. The maximum absolute atomic E-state index is 12.3. The highest BCUT2D eigenvalue weighted by molar-refractivity contribution is 7.89. The third-order valence-corrected chi connectivity index (χ3v) is 4.77. The van der Waals surface area contributed by atoms with Gasteiger partial charge in [0, 0.05) is 6.54 Å². The van der Waals surface area contributed by atoms with Crippen molar-refractivity contribution in [1.82, 2.24) is 4.72 Å². The normalized spacial score (nSPS) is 12.5. The standard InChI is InChI=1S/C18H19NO3S/c1-3-13-22-18(16-7-5-4-6-8-16)14-19-23(20,21)17-11-9-15(2)10-12-17/h1,4-12,18-19H,13-14H2,2H3. The highest BCUT2D eigenvalue weighted by atomic mass is 32.2. The van der Waals surface area contributed by atoms with Gasteiger partial charge in [-0.1, -0.05) is 53.9 Å². The number of nitrogens with one attached hydrogen (secondary N) is 1. The second-order valence-corrected chi connectivity index (χ2v) is 6.85. The summed E-state index contributed by atoms with van der Waals surface area (Å²) in [7, 11) is -3.59. The minimum absolute atomic E-state index is 0.113. The summed E-state index contributed by atoms with van der Waals surface area (Å²) >= 11 is 0. The lowest BCUT2D eigenvalue weighted by Crippen LogP contribution is -2.29. The van der Waals surface area contributed by atoms with E-state index in [1.807, 2.05) is 37.3 Å².